The van der Waals surface area contributed by atoms with Crippen LogP contribution in [0, 0.1) is 0 Å². The molecule has 5 nitrogen and oxygen atoms in total. The van der Waals surface area contributed by atoms with Gasteiger partial charge in [0.15, 0.2) is 0 Å². The number of likely N-dealkylation sites (N-methyl/N-ethyl adjacent to an activating group) is 1. The first kappa shape index (κ1) is 16.9. The van der Waals surface area contributed by atoms with Crippen molar-refractivity contribution in [2.24, 2.45) is 0 Å². The number of hydrogen-bond acceptors (Lipinski definition) is 3. The van der Waals surface area contributed by atoms with Gasteiger partial charge in [-0.3, -0.25) is 14.5 Å². The zero-order chi connectivity index (χ0) is 14.7. The van der Waals surface area contributed by atoms with Gasteiger partial charge in [0.05, 0.1) is 6.04 Å². The van der Waals surface area contributed by atoms with Gasteiger partial charge in [-0.15, -0.1) is 0 Å². The van der Waals surface area contributed by atoms with Crippen molar-refractivity contribution in [3.63, 3.8) is 0 Å². The van der Waals surface area contributed by atoms with Gasteiger partial charge in [0.25, 0.3) is 0 Å². The van der Waals surface area contributed by atoms with Crippen molar-refractivity contribution < 1.29 is 14.7 Å². The van der Waals surface area contributed by atoms with Gasteiger partial charge in [-0.25, -0.2) is 0 Å². The number of carbonyl (C=O) groups excluding carboxylic acids is 1. The number of carboxylic acid groups (broad SMARTS) is 1. The molecule has 2 N–H and O–H groups in total. The Morgan fingerprint density at radius 2 is 1.72 bits per heavy atom. The molecule has 0 saturated carbocycles. The van der Waals surface area contributed by atoms with E-state index >= 15 is 0 Å². The van der Waals surface area contributed by atoms with E-state index in [9.17, 15) is 9.59 Å². The summed E-state index contributed by atoms with van der Waals surface area (Å²) in [5, 5.41) is 12.1. The van der Waals surface area contributed by atoms with Crippen molar-refractivity contribution >= 4 is 11.9 Å². The first-order valence-corrected chi connectivity index (χ1v) is 6.24. The van der Waals surface area contributed by atoms with Gasteiger partial charge < -0.3 is 10.4 Å². The fourth-order valence-electron chi connectivity index (χ4n) is 1.34. The normalized spacial score (nSPS) is 14.4. The Bertz CT molecular complexity index is 324. The highest BCUT2D eigenvalue weighted by Crippen LogP contribution is 2.17. The molecule has 0 bridgehead atoms. The van der Waals surface area contributed by atoms with Crippen LogP contribution in [0.5, 0.6) is 0 Å². The minimum Gasteiger partial charge on any atom is -0.480 e. The molecule has 0 spiro atoms. The summed E-state index contributed by atoms with van der Waals surface area (Å²) in [7, 11) is 1.65. The van der Waals surface area contributed by atoms with E-state index in [2.05, 4.69) is 5.32 Å². The molecule has 0 aliphatic rings. The molecule has 1 atom stereocenters. The van der Waals surface area contributed by atoms with Crippen LogP contribution in [0.15, 0.2) is 0 Å². The van der Waals surface area contributed by atoms with Crippen LogP contribution in [0.2, 0.25) is 0 Å². The molecule has 0 aromatic heterocycles. The predicted molar refractivity (Wildman–Crippen MR) is 71.5 cm³/mol. The minimum absolute atomic E-state index is 0.154. The molecule has 0 aromatic carbocycles. The fraction of sp³-hybridized carbons (Fsp3) is 0.846. The first-order chi connectivity index (χ1) is 7.95. The van der Waals surface area contributed by atoms with Gasteiger partial charge in [-0.05, 0) is 48.1 Å². The SMILES string of the molecule is CCC(C)(C)NC(=O)C(C)N(C)C(C)(C)C(=O)O. The molecule has 1 amide bonds. The van der Waals surface area contributed by atoms with Crippen LogP contribution in [0.3, 0.4) is 0 Å². The number of carboxylic acids is 1. The lowest BCUT2D eigenvalue weighted by Gasteiger charge is -2.37. The van der Waals surface area contributed by atoms with Crippen molar-refractivity contribution in [2.75, 3.05) is 7.05 Å². The Hall–Kier alpha value is -1.10. The summed E-state index contributed by atoms with van der Waals surface area (Å²) in [5.74, 6) is -1.10. The maximum atomic E-state index is 12.1. The lowest BCUT2D eigenvalue weighted by molar-refractivity contribution is -0.151. The van der Waals surface area contributed by atoms with Crippen LogP contribution in [0.4, 0.5) is 0 Å². The average Bonchev–Trinajstić information content (AvgIpc) is 2.26. The van der Waals surface area contributed by atoms with Gasteiger partial charge in [0, 0.05) is 5.54 Å². The lowest BCUT2D eigenvalue weighted by atomic mass is 9.99. The van der Waals surface area contributed by atoms with Gasteiger partial charge in [0.1, 0.15) is 5.54 Å². The van der Waals surface area contributed by atoms with Crippen LogP contribution < -0.4 is 5.32 Å². The number of aliphatic carboxylic acids is 1. The van der Waals surface area contributed by atoms with Crippen molar-refractivity contribution in [1.82, 2.24) is 10.2 Å². The zero-order valence-corrected chi connectivity index (χ0v) is 12.5. The molecule has 18 heavy (non-hydrogen) atoms. The monoisotopic (exact) mass is 258 g/mol. The Morgan fingerprint density at radius 3 is 2.06 bits per heavy atom. The second-order valence-electron chi connectivity index (χ2n) is 5.88. The molecule has 0 radical (unpaired) electrons. The molecule has 0 saturated heterocycles. The smallest absolute Gasteiger partial charge is 0.323 e. The highest BCUT2D eigenvalue weighted by molar-refractivity contribution is 5.84. The molecule has 0 fully saturated rings. The topological polar surface area (TPSA) is 69.6 Å². The Kier molecular flexibility index (Phi) is 5.35. The van der Waals surface area contributed by atoms with E-state index in [4.69, 9.17) is 5.11 Å². The number of carbonyl (C=O) groups is 2. The third-order valence-electron chi connectivity index (χ3n) is 3.71. The van der Waals surface area contributed by atoms with Crippen LogP contribution in [0.25, 0.3) is 0 Å². The molecular weight excluding hydrogens is 232 g/mol. The molecule has 0 aliphatic heterocycles. The Morgan fingerprint density at radius 1 is 1.28 bits per heavy atom. The van der Waals surface area contributed by atoms with E-state index in [1.54, 1.807) is 32.7 Å². The predicted octanol–water partition coefficient (Wildman–Crippen LogP) is 1.47. The quantitative estimate of drug-likeness (QED) is 0.757. The first-order valence-electron chi connectivity index (χ1n) is 6.24. The fourth-order valence-corrected chi connectivity index (χ4v) is 1.34. The van der Waals surface area contributed by atoms with Gasteiger partial charge in [-0.1, -0.05) is 6.92 Å². The van der Waals surface area contributed by atoms with E-state index in [1.807, 2.05) is 20.8 Å². The summed E-state index contributed by atoms with van der Waals surface area (Å²) in [4.78, 5) is 24.8. The largest absolute Gasteiger partial charge is 0.480 e. The summed E-state index contributed by atoms with van der Waals surface area (Å²) in [5.41, 5.74) is -1.35. The molecule has 0 aliphatic carbocycles. The Labute approximate surface area is 110 Å². The summed E-state index contributed by atoms with van der Waals surface area (Å²) in [6.07, 6.45) is 0.817. The Balaban J connectivity index is 4.81. The second-order valence-corrected chi connectivity index (χ2v) is 5.88. The van der Waals surface area contributed by atoms with Crippen LogP contribution >= 0.6 is 0 Å². The molecule has 0 aromatic rings. The van der Waals surface area contributed by atoms with Crippen LogP contribution in [-0.2, 0) is 9.59 Å². The van der Waals surface area contributed by atoms with E-state index in [1.165, 1.54) is 0 Å². The number of nitrogens with one attached hydrogen (secondary N) is 1. The number of rotatable bonds is 6. The molecule has 1 unspecified atom stereocenters. The van der Waals surface area contributed by atoms with Gasteiger partial charge in [0.2, 0.25) is 5.91 Å². The number of amides is 1. The molecule has 5 heteroatoms. The average molecular weight is 258 g/mol. The van der Waals surface area contributed by atoms with Crippen LogP contribution in [-0.4, -0.2) is 46.1 Å². The molecule has 106 valence electrons. The molecular formula is C13H26N2O3. The summed E-state index contributed by atoms with van der Waals surface area (Å²) >= 11 is 0. The van der Waals surface area contributed by atoms with Gasteiger partial charge >= 0.3 is 5.97 Å². The summed E-state index contributed by atoms with van der Waals surface area (Å²) < 4.78 is 0. The van der Waals surface area contributed by atoms with Crippen molar-refractivity contribution in [2.45, 2.75) is 65.1 Å². The summed E-state index contributed by atoms with van der Waals surface area (Å²) in [6, 6.07) is -0.498. The van der Waals surface area contributed by atoms with E-state index in [0.717, 1.165) is 6.42 Å². The highest BCUT2D eigenvalue weighted by Gasteiger charge is 2.37. The molecule has 0 heterocycles. The summed E-state index contributed by atoms with van der Waals surface area (Å²) in [6.45, 7) is 10.8. The van der Waals surface area contributed by atoms with Crippen molar-refractivity contribution in [3.05, 3.63) is 0 Å². The minimum atomic E-state index is -1.08. The number of hydrogen-bond donors (Lipinski definition) is 2. The van der Waals surface area contributed by atoms with E-state index in [0.29, 0.717) is 0 Å². The van der Waals surface area contributed by atoms with Crippen molar-refractivity contribution in [1.29, 1.82) is 0 Å². The maximum absolute atomic E-state index is 12.1. The van der Waals surface area contributed by atoms with Gasteiger partial charge in [-0.2, -0.15) is 0 Å². The van der Waals surface area contributed by atoms with Crippen molar-refractivity contribution in [3.8, 4) is 0 Å². The zero-order valence-electron chi connectivity index (χ0n) is 12.5. The maximum Gasteiger partial charge on any atom is 0.323 e. The highest BCUT2D eigenvalue weighted by atomic mass is 16.4. The van der Waals surface area contributed by atoms with E-state index < -0.39 is 17.6 Å². The third-order valence-corrected chi connectivity index (χ3v) is 3.71. The van der Waals surface area contributed by atoms with Crippen LogP contribution in [0.1, 0.15) is 48.0 Å². The second kappa shape index (κ2) is 5.69. The van der Waals surface area contributed by atoms with E-state index in [-0.39, 0.29) is 11.4 Å². The lowest BCUT2D eigenvalue weighted by Crippen LogP contribution is -2.58. The third kappa shape index (κ3) is 3.98. The molecule has 0 rings (SSSR count). The standard InChI is InChI=1S/C13H26N2O3/c1-8-12(3,4)14-10(16)9(2)15(7)13(5,6)11(17)18/h9H,8H2,1-7H3,(H,14,16)(H,17,18). The number of nitrogens with zero attached hydrogens (tertiary/aromatic N) is 1.